The highest BCUT2D eigenvalue weighted by Gasteiger charge is 2.23. The number of carbonyl (C=O) groups is 1. The van der Waals surface area contributed by atoms with Crippen LogP contribution >= 0.6 is 11.6 Å². The van der Waals surface area contributed by atoms with Gasteiger partial charge in [-0.15, -0.1) is 0 Å². The first-order valence-corrected chi connectivity index (χ1v) is 11.6. The number of amides is 1. The van der Waals surface area contributed by atoms with Crippen molar-refractivity contribution in [2.75, 3.05) is 26.4 Å². The number of H-pyrrole nitrogens is 1. The number of aromatic nitrogens is 2. The maximum Gasteiger partial charge on any atom is 0.258 e. The summed E-state index contributed by atoms with van der Waals surface area (Å²) in [6, 6.07) is 10.6. The molecule has 5 rings (SSSR count). The van der Waals surface area contributed by atoms with E-state index in [0.29, 0.717) is 59.6 Å². The van der Waals surface area contributed by atoms with Crippen molar-refractivity contribution in [1.29, 1.82) is 0 Å². The Morgan fingerprint density at radius 1 is 1.21 bits per heavy atom. The van der Waals surface area contributed by atoms with Gasteiger partial charge in [0, 0.05) is 19.2 Å². The van der Waals surface area contributed by atoms with E-state index in [0.717, 1.165) is 18.4 Å². The molecule has 0 radical (unpaired) electrons. The van der Waals surface area contributed by atoms with E-state index in [4.69, 9.17) is 25.8 Å². The van der Waals surface area contributed by atoms with Crippen LogP contribution in [0.25, 0.3) is 17.0 Å². The first kappa shape index (κ1) is 22.4. The SMILES string of the molecule is O=C(/C=C/c1cc(Cl)c2c(c1)OCCO2)N(Cc1nc2ccccc2c(=O)[nH]1)CC1CCCO1. The Morgan fingerprint density at radius 2 is 2.06 bits per heavy atom. The summed E-state index contributed by atoms with van der Waals surface area (Å²) in [6.45, 7) is 2.14. The van der Waals surface area contributed by atoms with E-state index in [9.17, 15) is 9.59 Å². The fourth-order valence-corrected chi connectivity index (χ4v) is 4.43. The molecule has 3 aromatic rings. The lowest BCUT2D eigenvalue weighted by atomic mass is 10.1. The Balaban J connectivity index is 1.39. The Kier molecular flexibility index (Phi) is 6.51. The molecule has 1 amide bonds. The molecule has 0 spiro atoms. The number of fused-ring (bicyclic) bond motifs is 2. The molecule has 176 valence electrons. The number of para-hydroxylation sites is 1. The number of ether oxygens (including phenoxy) is 3. The number of halogens is 1. The fraction of sp³-hybridized carbons (Fsp3) is 0.320. The van der Waals surface area contributed by atoms with Gasteiger partial charge in [-0.05, 0) is 48.7 Å². The summed E-state index contributed by atoms with van der Waals surface area (Å²) in [7, 11) is 0. The molecule has 1 aromatic heterocycles. The molecule has 0 aliphatic carbocycles. The van der Waals surface area contributed by atoms with Crippen LogP contribution < -0.4 is 15.0 Å². The number of nitrogens with zero attached hydrogens (tertiary/aromatic N) is 2. The summed E-state index contributed by atoms with van der Waals surface area (Å²) in [6.07, 6.45) is 4.96. The first-order chi connectivity index (χ1) is 16.6. The molecule has 2 aliphatic rings. The van der Waals surface area contributed by atoms with Gasteiger partial charge in [0.1, 0.15) is 19.0 Å². The Bertz CT molecular complexity index is 1300. The van der Waals surface area contributed by atoms with Crippen molar-refractivity contribution in [3.05, 3.63) is 69.2 Å². The van der Waals surface area contributed by atoms with Gasteiger partial charge in [-0.25, -0.2) is 4.98 Å². The van der Waals surface area contributed by atoms with Crippen LogP contribution in [0.15, 0.2) is 47.3 Å². The lowest BCUT2D eigenvalue weighted by molar-refractivity contribution is -0.128. The number of aromatic amines is 1. The summed E-state index contributed by atoms with van der Waals surface area (Å²) in [5.41, 5.74) is 1.08. The normalized spacial score (nSPS) is 17.4. The van der Waals surface area contributed by atoms with Gasteiger partial charge in [-0.3, -0.25) is 9.59 Å². The lowest BCUT2D eigenvalue weighted by Gasteiger charge is -2.24. The van der Waals surface area contributed by atoms with E-state index in [2.05, 4.69) is 9.97 Å². The third-order valence-electron chi connectivity index (χ3n) is 5.80. The summed E-state index contributed by atoms with van der Waals surface area (Å²) < 4.78 is 16.9. The van der Waals surface area contributed by atoms with Gasteiger partial charge in [0.05, 0.1) is 28.6 Å². The fourth-order valence-electron chi connectivity index (χ4n) is 4.16. The van der Waals surface area contributed by atoms with Crippen LogP contribution in [0.1, 0.15) is 24.2 Å². The van der Waals surface area contributed by atoms with Gasteiger partial charge in [0.15, 0.2) is 11.5 Å². The van der Waals surface area contributed by atoms with E-state index < -0.39 is 0 Å². The van der Waals surface area contributed by atoms with Crippen LogP contribution in [0.5, 0.6) is 11.5 Å². The van der Waals surface area contributed by atoms with Crippen molar-refractivity contribution in [3.63, 3.8) is 0 Å². The molecule has 1 atom stereocenters. The van der Waals surface area contributed by atoms with Crippen LogP contribution in [0.4, 0.5) is 0 Å². The zero-order chi connectivity index (χ0) is 23.5. The minimum absolute atomic E-state index is 0.0479. The Morgan fingerprint density at radius 3 is 2.91 bits per heavy atom. The first-order valence-electron chi connectivity index (χ1n) is 11.2. The van der Waals surface area contributed by atoms with Crippen molar-refractivity contribution in [2.45, 2.75) is 25.5 Å². The van der Waals surface area contributed by atoms with Gasteiger partial charge in [-0.2, -0.15) is 0 Å². The zero-order valence-corrected chi connectivity index (χ0v) is 19.2. The predicted octanol–water partition coefficient (Wildman–Crippen LogP) is 3.57. The maximum atomic E-state index is 13.2. The summed E-state index contributed by atoms with van der Waals surface area (Å²) in [5.74, 6) is 1.27. The van der Waals surface area contributed by atoms with E-state index in [1.54, 1.807) is 41.3 Å². The molecule has 34 heavy (non-hydrogen) atoms. The quantitative estimate of drug-likeness (QED) is 0.541. The van der Waals surface area contributed by atoms with Crippen LogP contribution in [-0.4, -0.2) is 53.2 Å². The highest BCUT2D eigenvalue weighted by Crippen LogP contribution is 2.38. The van der Waals surface area contributed by atoms with Crippen molar-refractivity contribution in [3.8, 4) is 11.5 Å². The molecule has 2 aliphatic heterocycles. The topological polar surface area (TPSA) is 93.8 Å². The van der Waals surface area contributed by atoms with Gasteiger partial charge in [0.25, 0.3) is 5.56 Å². The van der Waals surface area contributed by atoms with Gasteiger partial charge in [0.2, 0.25) is 5.91 Å². The standard InChI is InChI=1S/C25H24ClN3O5/c26-19-12-16(13-21-24(19)34-11-10-33-21)7-8-23(30)29(14-17-4-3-9-32-17)15-22-27-20-6-2-1-5-18(20)25(31)28-22/h1-2,5-8,12-13,17H,3-4,9-11,14-15H2,(H,27,28,31)/b8-7+. The molecule has 8 nitrogen and oxygen atoms in total. The Labute approximate surface area is 201 Å². The van der Waals surface area contributed by atoms with E-state index in [1.807, 2.05) is 6.07 Å². The highest BCUT2D eigenvalue weighted by atomic mass is 35.5. The molecular formula is C25H24ClN3O5. The van der Waals surface area contributed by atoms with Crippen LogP contribution in [0, 0.1) is 0 Å². The number of rotatable bonds is 6. The van der Waals surface area contributed by atoms with E-state index >= 15 is 0 Å². The third-order valence-corrected chi connectivity index (χ3v) is 6.08. The largest absolute Gasteiger partial charge is 0.486 e. The van der Waals surface area contributed by atoms with Crippen molar-refractivity contribution >= 4 is 34.5 Å². The number of nitrogens with one attached hydrogen (secondary N) is 1. The van der Waals surface area contributed by atoms with Crippen LogP contribution in [0.3, 0.4) is 0 Å². The van der Waals surface area contributed by atoms with Gasteiger partial charge < -0.3 is 24.1 Å². The van der Waals surface area contributed by atoms with Crippen LogP contribution in [-0.2, 0) is 16.1 Å². The smallest absolute Gasteiger partial charge is 0.258 e. The van der Waals surface area contributed by atoms with Crippen molar-refractivity contribution < 1.29 is 19.0 Å². The average Bonchev–Trinajstić information content (AvgIpc) is 3.35. The highest BCUT2D eigenvalue weighted by molar-refractivity contribution is 6.32. The summed E-state index contributed by atoms with van der Waals surface area (Å²) in [4.78, 5) is 34.7. The van der Waals surface area contributed by atoms with Gasteiger partial charge in [-0.1, -0.05) is 23.7 Å². The maximum absolute atomic E-state index is 13.2. The minimum Gasteiger partial charge on any atom is -0.486 e. The number of hydrogen-bond acceptors (Lipinski definition) is 6. The predicted molar refractivity (Wildman–Crippen MR) is 128 cm³/mol. The molecule has 1 saturated heterocycles. The second-order valence-corrected chi connectivity index (χ2v) is 8.65. The third kappa shape index (κ3) is 4.93. The van der Waals surface area contributed by atoms with E-state index in [-0.39, 0.29) is 24.1 Å². The molecular weight excluding hydrogens is 458 g/mol. The molecule has 1 fully saturated rings. The van der Waals surface area contributed by atoms with Gasteiger partial charge >= 0.3 is 0 Å². The summed E-state index contributed by atoms with van der Waals surface area (Å²) >= 11 is 6.32. The molecule has 9 heteroatoms. The molecule has 2 aromatic carbocycles. The van der Waals surface area contributed by atoms with E-state index in [1.165, 1.54) is 6.08 Å². The molecule has 1 unspecified atom stereocenters. The molecule has 0 saturated carbocycles. The monoisotopic (exact) mass is 481 g/mol. The Hall–Kier alpha value is -3.36. The second kappa shape index (κ2) is 9.87. The lowest BCUT2D eigenvalue weighted by Crippen LogP contribution is -2.36. The molecule has 0 bridgehead atoms. The minimum atomic E-state index is -0.230. The zero-order valence-electron chi connectivity index (χ0n) is 18.5. The molecule has 1 N–H and O–H groups in total. The molecule has 3 heterocycles. The summed E-state index contributed by atoms with van der Waals surface area (Å²) in [5, 5.41) is 0.942. The number of carbonyl (C=O) groups excluding carboxylic acids is 1. The van der Waals surface area contributed by atoms with Crippen molar-refractivity contribution in [2.24, 2.45) is 0 Å². The van der Waals surface area contributed by atoms with Crippen molar-refractivity contribution in [1.82, 2.24) is 14.9 Å². The average molecular weight is 482 g/mol. The van der Waals surface area contributed by atoms with Crippen LogP contribution in [0.2, 0.25) is 5.02 Å². The second-order valence-electron chi connectivity index (χ2n) is 8.24. The number of benzene rings is 2. The number of hydrogen-bond donors (Lipinski definition) is 1.